The SMILES string of the molecule is C#CC#CCCCCCCCCCCI. The van der Waals surface area contributed by atoms with Crippen LogP contribution in [0.2, 0.25) is 0 Å². The molecule has 0 nitrogen and oxygen atoms in total. The largest absolute Gasteiger partial charge is 0.106 e. The second kappa shape index (κ2) is 13.8. The summed E-state index contributed by atoms with van der Waals surface area (Å²) in [5, 5.41) is 0. The highest BCUT2D eigenvalue weighted by atomic mass is 127. The van der Waals surface area contributed by atoms with Gasteiger partial charge in [-0.05, 0) is 29.1 Å². The van der Waals surface area contributed by atoms with Gasteiger partial charge in [0.25, 0.3) is 0 Å². The maximum absolute atomic E-state index is 5.02. The third kappa shape index (κ3) is 13.9. The van der Waals surface area contributed by atoms with Gasteiger partial charge in [-0.3, -0.25) is 0 Å². The van der Waals surface area contributed by atoms with Gasteiger partial charge < -0.3 is 0 Å². The van der Waals surface area contributed by atoms with Crippen molar-refractivity contribution < 1.29 is 0 Å². The van der Waals surface area contributed by atoms with Crippen molar-refractivity contribution >= 4 is 22.6 Å². The quantitative estimate of drug-likeness (QED) is 0.253. The molecule has 0 radical (unpaired) electrons. The first-order valence-electron chi connectivity index (χ1n) is 5.91. The van der Waals surface area contributed by atoms with Crippen molar-refractivity contribution in [3.05, 3.63) is 0 Å². The minimum Gasteiger partial charge on any atom is -0.106 e. The minimum atomic E-state index is 0.971. The lowest BCUT2D eigenvalue weighted by Gasteiger charge is -1.99. The molecular formula is C14H21I. The Hall–Kier alpha value is -0.150. The Bertz CT molecular complexity index is 214. The van der Waals surface area contributed by atoms with E-state index in [0.29, 0.717) is 0 Å². The lowest BCUT2D eigenvalue weighted by molar-refractivity contribution is 0.581. The topological polar surface area (TPSA) is 0 Å². The summed E-state index contributed by atoms with van der Waals surface area (Å²) < 4.78 is 1.31. The molecule has 0 fully saturated rings. The van der Waals surface area contributed by atoms with Gasteiger partial charge in [-0.25, -0.2) is 0 Å². The summed E-state index contributed by atoms with van der Waals surface area (Å²) in [6.07, 6.45) is 16.9. The summed E-state index contributed by atoms with van der Waals surface area (Å²) in [5.74, 6) is 7.95. The van der Waals surface area contributed by atoms with Gasteiger partial charge in [0.05, 0.1) is 0 Å². The van der Waals surface area contributed by atoms with Crippen molar-refractivity contribution in [2.24, 2.45) is 0 Å². The standard InChI is InChI=1S/C14H21I/c1-2-3-4-5-6-7-8-9-10-11-12-13-14-15/h1H,5-14H2. The van der Waals surface area contributed by atoms with Crippen molar-refractivity contribution in [1.82, 2.24) is 0 Å². The van der Waals surface area contributed by atoms with Crippen LogP contribution in [0.3, 0.4) is 0 Å². The summed E-state index contributed by atoms with van der Waals surface area (Å²) in [7, 11) is 0. The lowest BCUT2D eigenvalue weighted by atomic mass is 10.1. The molecule has 0 aliphatic heterocycles. The van der Waals surface area contributed by atoms with Crippen LogP contribution >= 0.6 is 22.6 Å². The fraction of sp³-hybridized carbons (Fsp3) is 0.714. The van der Waals surface area contributed by atoms with Gasteiger partial charge in [0.2, 0.25) is 0 Å². The first kappa shape index (κ1) is 14.8. The molecule has 0 aromatic rings. The van der Waals surface area contributed by atoms with Gasteiger partial charge in [0.1, 0.15) is 0 Å². The third-order valence-electron chi connectivity index (χ3n) is 2.35. The molecule has 0 saturated heterocycles. The maximum atomic E-state index is 5.02. The summed E-state index contributed by atoms with van der Waals surface area (Å²) in [6.45, 7) is 0. The smallest absolute Gasteiger partial charge is 0.00989 e. The van der Waals surface area contributed by atoms with Crippen molar-refractivity contribution in [3.8, 4) is 24.2 Å². The molecule has 0 amide bonds. The van der Waals surface area contributed by atoms with Crippen molar-refractivity contribution in [1.29, 1.82) is 0 Å². The highest BCUT2D eigenvalue weighted by Crippen LogP contribution is 2.09. The predicted octanol–water partition coefficient (Wildman–Crippen LogP) is 4.57. The average Bonchev–Trinajstić information content (AvgIpc) is 2.26. The number of hydrogen-bond donors (Lipinski definition) is 0. The van der Waals surface area contributed by atoms with Crippen LogP contribution in [0.1, 0.15) is 57.8 Å². The minimum absolute atomic E-state index is 0.971. The van der Waals surface area contributed by atoms with E-state index < -0.39 is 0 Å². The molecule has 0 saturated carbocycles. The molecular weight excluding hydrogens is 295 g/mol. The zero-order valence-corrected chi connectivity index (χ0v) is 11.7. The predicted molar refractivity (Wildman–Crippen MR) is 77.0 cm³/mol. The average molecular weight is 316 g/mol. The van der Waals surface area contributed by atoms with Crippen LogP contribution in [0.4, 0.5) is 0 Å². The van der Waals surface area contributed by atoms with Gasteiger partial charge >= 0.3 is 0 Å². The Morgan fingerprint density at radius 2 is 1.33 bits per heavy atom. The Morgan fingerprint density at radius 1 is 0.800 bits per heavy atom. The van der Waals surface area contributed by atoms with Crippen molar-refractivity contribution in [2.45, 2.75) is 57.8 Å². The number of terminal acetylenes is 1. The number of hydrogen-bond acceptors (Lipinski definition) is 0. The molecule has 1 heteroatoms. The molecule has 0 rings (SSSR count). The van der Waals surface area contributed by atoms with E-state index in [0.717, 1.165) is 6.42 Å². The van der Waals surface area contributed by atoms with E-state index in [-0.39, 0.29) is 0 Å². The van der Waals surface area contributed by atoms with E-state index in [9.17, 15) is 0 Å². The molecule has 0 unspecified atom stereocenters. The molecule has 0 N–H and O–H groups in total. The van der Waals surface area contributed by atoms with Crippen LogP contribution in [-0.2, 0) is 0 Å². The molecule has 0 spiro atoms. The summed E-state index contributed by atoms with van der Waals surface area (Å²) in [5.41, 5.74) is 0. The zero-order chi connectivity index (χ0) is 11.2. The molecule has 0 bridgehead atoms. The number of rotatable bonds is 9. The van der Waals surface area contributed by atoms with Gasteiger partial charge in [0.15, 0.2) is 0 Å². The van der Waals surface area contributed by atoms with E-state index in [1.807, 2.05) is 0 Å². The number of unbranched alkanes of at least 4 members (excludes halogenated alkanes) is 8. The third-order valence-corrected chi connectivity index (χ3v) is 3.11. The Labute approximate surface area is 109 Å². The fourth-order valence-electron chi connectivity index (χ4n) is 1.48. The normalized spacial score (nSPS) is 9.07. The van der Waals surface area contributed by atoms with Crippen LogP contribution < -0.4 is 0 Å². The van der Waals surface area contributed by atoms with Crippen LogP contribution in [0, 0.1) is 24.2 Å². The van der Waals surface area contributed by atoms with E-state index in [4.69, 9.17) is 6.42 Å². The molecule has 0 aliphatic carbocycles. The van der Waals surface area contributed by atoms with Gasteiger partial charge in [-0.1, -0.05) is 67.0 Å². The summed E-state index contributed by atoms with van der Waals surface area (Å²) >= 11 is 2.45. The van der Waals surface area contributed by atoms with E-state index in [1.165, 1.54) is 55.8 Å². The lowest BCUT2D eigenvalue weighted by Crippen LogP contribution is -1.81. The second-order valence-corrected chi connectivity index (χ2v) is 4.79. The van der Waals surface area contributed by atoms with Gasteiger partial charge in [-0.15, -0.1) is 6.42 Å². The molecule has 0 aromatic heterocycles. The van der Waals surface area contributed by atoms with Crippen LogP contribution in [0.25, 0.3) is 0 Å². The molecule has 0 heterocycles. The Kier molecular flexibility index (Phi) is 13.7. The first-order valence-corrected chi connectivity index (χ1v) is 7.44. The molecule has 84 valence electrons. The van der Waals surface area contributed by atoms with E-state index >= 15 is 0 Å². The number of halogens is 1. The maximum Gasteiger partial charge on any atom is 0.00989 e. The zero-order valence-electron chi connectivity index (χ0n) is 9.53. The highest BCUT2D eigenvalue weighted by Gasteiger charge is 1.91. The van der Waals surface area contributed by atoms with Crippen LogP contribution in [0.5, 0.6) is 0 Å². The molecule has 0 aliphatic rings. The Balaban J connectivity index is 2.96. The molecule has 15 heavy (non-hydrogen) atoms. The summed E-state index contributed by atoms with van der Waals surface area (Å²) in [4.78, 5) is 0. The van der Waals surface area contributed by atoms with Gasteiger partial charge in [-0.2, -0.15) is 0 Å². The van der Waals surface area contributed by atoms with E-state index in [2.05, 4.69) is 40.4 Å². The van der Waals surface area contributed by atoms with Gasteiger partial charge in [0, 0.05) is 6.42 Å². The van der Waals surface area contributed by atoms with Crippen LogP contribution in [0.15, 0.2) is 0 Å². The van der Waals surface area contributed by atoms with Crippen molar-refractivity contribution in [2.75, 3.05) is 4.43 Å². The van der Waals surface area contributed by atoms with Crippen molar-refractivity contribution in [3.63, 3.8) is 0 Å². The van der Waals surface area contributed by atoms with E-state index in [1.54, 1.807) is 0 Å². The first-order chi connectivity index (χ1) is 7.41. The Morgan fingerprint density at radius 3 is 1.87 bits per heavy atom. The van der Waals surface area contributed by atoms with Crippen LogP contribution in [-0.4, -0.2) is 4.43 Å². The molecule has 0 aromatic carbocycles. The number of alkyl halides is 1. The fourth-order valence-corrected chi connectivity index (χ4v) is 2.02. The highest BCUT2D eigenvalue weighted by molar-refractivity contribution is 14.1. The monoisotopic (exact) mass is 316 g/mol. The molecule has 0 atom stereocenters. The summed E-state index contributed by atoms with van der Waals surface area (Å²) in [6, 6.07) is 0. The second-order valence-electron chi connectivity index (χ2n) is 3.71.